The molecular weight excluding hydrogens is 691 g/mol. The van der Waals surface area contributed by atoms with Crippen molar-refractivity contribution in [3.05, 3.63) is 154 Å². The van der Waals surface area contributed by atoms with Crippen LogP contribution in [0.15, 0.2) is 109 Å². The van der Waals surface area contributed by atoms with Crippen LogP contribution in [0.5, 0.6) is 0 Å². The molecule has 0 fully saturated rings. The number of rotatable bonds is 2. The molecule has 0 saturated heterocycles. The summed E-state index contributed by atoms with van der Waals surface area (Å²) in [5.74, 6) is 0.522. The number of halogens is 2. The Morgan fingerprint density at radius 3 is 1.68 bits per heavy atom. The van der Waals surface area contributed by atoms with Crippen molar-refractivity contribution >= 4 is 3.21 Å². The van der Waals surface area contributed by atoms with Crippen molar-refractivity contribution < 1.29 is 49.0 Å². The Kier molecular flexibility index (Phi) is 14.7. The summed E-state index contributed by atoms with van der Waals surface area (Å²) >= 11 is 1.46. The summed E-state index contributed by atoms with van der Waals surface area (Å²) in [4.78, 5) is 0. The predicted molar refractivity (Wildman–Crippen MR) is 192 cm³/mol. The Morgan fingerprint density at radius 2 is 1.26 bits per heavy atom. The molecule has 0 N–H and O–H groups in total. The normalized spacial score (nSPS) is 14.6. The summed E-state index contributed by atoms with van der Waals surface area (Å²) < 4.78 is 1.42. The van der Waals surface area contributed by atoms with E-state index in [9.17, 15) is 0 Å². The van der Waals surface area contributed by atoms with Gasteiger partial charge in [-0.15, -0.1) is 16.7 Å². The van der Waals surface area contributed by atoms with Gasteiger partial charge in [-0.3, -0.25) is 6.08 Å². The van der Waals surface area contributed by atoms with Crippen molar-refractivity contribution in [3.63, 3.8) is 0 Å². The minimum absolute atomic E-state index is 0. The minimum atomic E-state index is 0. The van der Waals surface area contributed by atoms with Gasteiger partial charge in [0.2, 0.25) is 0 Å². The van der Waals surface area contributed by atoms with E-state index in [1.165, 1.54) is 77.5 Å². The zero-order valence-corrected chi connectivity index (χ0v) is 33.8. The molecule has 0 spiro atoms. The van der Waals surface area contributed by atoms with Gasteiger partial charge in [-0.2, -0.15) is 29.8 Å². The fraction of sp³-hybridized carbons (Fsp3) is 0.341. The Bertz CT molecular complexity index is 1630. The molecule has 47 heavy (non-hydrogen) atoms. The molecule has 4 aromatic carbocycles. The Morgan fingerprint density at radius 1 is 0.702 bits per heavy atom. The summed E-state index contributed by atoms with van der Waals surface area (Å²) in [6.45, 7) is 22.6. The molecule has 0 aromatic heterocycles. The standard InChI is InChI=1S/C21H25.C13H10.C10H15.2ClH.Zr/c1-20(2,3)16-11-10-14-12-15-8-7-9-18(21(4,5)6)19(15)17(14)13-16;1-3-7-12(8-4-1)11-13-9-5-2-6-10-13;1-8-5-6-9(7-8)10(2,3)4;;;/h7,9-11,13H,12H2,1-6H3;1-10H;6-8H,1-4H3;2*1H;/q-1;;-1;;;+2/p-2. The molecule has 4 aromatic rings. The van der Waals surface area contributed by atoms with Gasteiger partial charge < -0.3 is 24.8 Å². The van der Waals surface area contributed by atoms with E-state index in [-0.39, 0.29) is 35.6 Å². The maximum atomic E-state index is 3.47. The van der Waals surface area contributed by atoms with Gasteiger partial charge in [-0.05, 0) is 22.8 Å². The van der Waals surface area contributed by atoms with E-state index in [2.05, 4.69) is 185 Å². The molecule has 0 heterocycles. The van der Waals surface area contributed by atoms with E-state index < -0.39 is 0 Å². The van der Waals surface area contributed by atoms with Crippen LogP contribution in [0.1, 0.15) is 103 Å². The van der Waals surface area contributed by atoms with Crippen LogP contribution in [-0.2, 0) is 41.5 Å². The Balaban J connectivity index is 0.000000258. The number of fused-ring (bicyclic) bond motifs is 3. The van der Waals surface area contributed by atoms with Gasteiger partial charge in [0.05, 0.1) is 0 Å². The summed E-state index contributed by atoms with van der Waals surface area (Å²) in [5.41, 5.74) is 13.3. The topological polar surface area (TPSA) is 0 Å². The molecule has 0 nitrogen and oxygen atoms in total. The van der Waals surface area contributed by atoms with E-state index in [4.69, 9.17) is 0 Å². The van der Waals surface area contributed by atoms with E-state index in [1.807, 2.05) is 0 Å². The number of allylic oxidation sites excluding steroid dienone is 4. The summed E-state index contributed by atoms with van der Waals surface area (Å²) in [6, 6.07) is 35.9. The van der Waals surface area contributed by atoms with Gasteiger partial charge in [-0.1, -0.05) is 110 Å². The van der Waals surface area contributed by atoms with Gasteiger partial charge in [0.1, 0.15) is 0 Å². The first-order chi connectivity index (χ1) is 21.1. The van der Waals surface area contributed by atoms with E-state index in [1.54, 1.807) is 0 Å². The van der Waals surface area contributed by atoms with Gasteiger partial charge in [0.25, 0.3) is 0 Å². The van der Waals surface area contributed by atoms with Gasteiger partial charge >= 0.3 is 99.2 Å². The average Bonchev–Trinajstić information content (AvgIpc) is 3.61. The Hall–Kier alpha value is -2.31. The van der Waals surface area contributed by atoms with Crippen molar-refractivity contribution in [1.82, 2.24) is 0 Å². The molecule has 3 heteroatoms. The first-order valence-corrected chi connectivity index (χ1v) is 17.5. The van der Waals surface area contributed by atoms with Crippen LogP contribution in [0.2, 0.25) is 0 Å². The number of benzene rings is 4. The van der Waals surface area contributed by atoms with Crippen LogP contribution in [0.25, 0.3) is 11.1 Å². The van der Waals surface area contributed by atoms with E-state index >= 15 is 0 Å². The molecule has 0 radical (unpaired) electrons. The third kappa shape index (κ3) is 10.8. The van der Waals surface area contributed by atoms with Crippen molar-refractivity contribution in [2.75, 3.05) is 0 Å². The zero-order valence-electron chi connectivity index (χ0n) is 29.9. The molecule has 0 bridgehead atoms. The van der Waals surface area contributed by atoms with Crippen molar-refractivity contribution in [2.24, 2.45) is 11.3 Å². The molecule has 0 saturated carbocycles. The second-order valence-electron chi connectivity index (χ2n) is 15.4. The first kappa shape index (κ1) is 40.9. The molecule has 6 rings (SSSR count). The summed E-state index contributed by atoms with van der Waals surface area (Å²) in [6.07, 6.45) is 8.68. The summed E-state index contributed by atoms with van der Waals surface area (Å²) in [5, 5.41) is 0. The van der Waals surface area contributed by atoms with Gasteiger partial charge in [0, 0.05) is 0 Å². The molecule has 1 unspecified atom stereocenters. The molecule has 246 valence electrons. The molecule has 1 atom stereocenters. The first-order valence-electron chi connectivity index (χ1n) is 16.2. The van der Waals surface area contributed by atoms with Crippen molar-refractivity contribution in [2.45, 2.75) is 86.5 Å². The van der Waals surface area contributed by atoms with Crippen LogP contribution >= 0.6 is 0 Å². The number of hydrogen-bond acceptors (Lipinski definition) is 0. The predicted octanol–water partition coefficient (Wildman–Crippen LogP) is 5.43. The molecule has 0 amide bonds. The second-order valence-corrected chi connectivity index (χ2v) is 16.6. The van der Waals surface area contributed by atoms with Crippen molar-refractivity contribution in [3.8, 4) is 11.1 Å². The van der Waals surface area contributed by atoms with Gasteiger partial charge in [0.15, 0.2) is 0 Å². The molecule has 2 aliphatic carbocycles. The van der Waals surface area contributed by atoms with E-state index in [0.29, 0.717) is 11.3 Å². The van der Waals surface area contributed by atoms with Crippen LogP contribution in [0.4, 0.5) is 0 Å². The molecule has 0 aliphatic heterocycles. The van der Waals surface area contributed by atoms with Crippen LogP contribution in [0, 0.1) is 23.5 Å². The third-order valence-electron chi connectivity index (χ3n) is 8.42. The van der Waals surface area contributed by atoms with Crippen molar-refractivity contribution in [1.29, 1.82) is 0 Å². The Labute approximate surface area is 313 Å². The SMILES string of the molecule is CC(C)(C)c1ccc2c(c1)-c1c([c-]ccc1C(C)(C)C)C2.CC1[C-]=CC(C(C)(C)C)=C1.[Cl-].[Cl-].[Zr+2]=[C](c1ccccc1)c1ccccc1. The van der Waals surface area contributed by atoms with Crippen LogP contribution < -0.4 is 24.8 Å². The fourth-order valence-electron chi connectivity index (χ4n) is 5.67. The van der Waals surface area contributed by atoms with Crippen LogP contribution in [0.3, 0.4) is 0 Å². The van der Waals surface area contributed by atoms with Gasteiger partial charge in [-0.25, -0.2) is 6.08 Å². The summed E-state index contributed by atoms with van der Waals surface area (Å²) in [7, 11) is 0. The monoisotopic (exact) mass is 738 g/mol. The molecule has 2 aliphatic rings. The van der Waals surface area contributed by atoms with E-state index in [0.717, 1.165) is 6.42 Å². The second kappa shape index (κ2) is 16.9. The zero-order chi connectivity index (χ0) is 33.0. The molecular formula is C44H50Cl2Zr-2. The quantitative estimate of drug-likeness (QED) is 0.212. The average molecular weight is 741 g/mol. The van der Waals surface area contributed by atoms with Crippen LogP contribution in [-0.4, -0.2) is 3.21 Å². The number of hydrogen-bond donors (Lipinski definition) is 0. The fourth-order valence-corrected chi connectivity index (χ4v) is 6.48. The third-order valence-corrected chi connectivity index (χ3v) is 9.84. The maximum absolute atomic E-state index is 3.47.